The van der Waals surface area contributed by atoms with E-state index in [1.165, 1.54) is 6.07 Å². The van der Waals surface area contributed by atoms with Crippen molar-refractivity contribution in [2.75, 3.05) is 18.5 Å². The number of amides is 1. The Morgan fingerprint density at radius 2 is 1.76 bits per heavy atom. The molecule has 0 spiro atoms. The second kappa shape index (κ2) is 10.8. The van der Waals surface area contributed by atoms with Crippen LogP contribution in [0.2, 0.25) is 5.02 Å². The lowest BCUT2D eigenvalue weighted by Gasteiger charge is -2.17. The molecule has 0 radical (unpaired) electrons. The number of fused-ring (bicyclic) bond motifs is 1. The number of carbonyl (C=O) groups is 3. The molecule has 0 bridgehead atoms. The lowest BCUT2D eigenvalue weighted by molar-refractivity contribution is -0.145. The number of hydrogen-bond acceptors (Lipinski definition) is 6. The molecule has 0 aromatic heterocycles. The summed E-state index contributed by atoms with van der Waals surface area (Å²) >= 11 is 6.43. The quantitative estimate of drug-likeness (QED) is 0.364. The molecule has 3 aromatic rings. The average Bonchev–Trinajstić information content (AvgIpc) is 2.80. The van der Waals surface area contributed by atoms with Crippen LogP contribution in [0.15, 0.2) is 42.5 Å². The lowest BCUT2D eigenvalue weighted by Crippen LogP contribution is -2.21. The van der Waals surface area contributed by atoms with Gasteiger partial charge < -0.3 is 14.8 Å². The van der Waals surface area contributed by atoms with E-state index in [4.69, 9.17) is 21.1 Å². The number of rotatable bonds is 7. The first-order valence-corrected chi connectivity index (χ1v) is 10.8. The highest BCUT2D eigenvalue weighted by atomic mass is 35.5. The van der Waals surface area contributed by atoms with Gasteiger partial charge in [-0.15, -0.1) is 0 Å². The van der Waals surface area contributed by atoms with E-state index in [1.807, 2.05) is 0 Å². The molecule has 1 N–H and O–H groups in total. The van der Waals surface area contributed by atoms with Crippen molar-refractivity contribution in [1.82, 2.24) is 0 Å². The summed E-state index contributed by atoms with van der Waals surface area (Å²) in [5.74, 6) is -3.60. The van der Waals surface area contributed by atoms with Gasteiger partial charge in [-0.1, -0.05) is 41.9 Å². The highest BCUT2D eigenvalue weighted by molar-refractivity contribution is 6.34. The van der Waals surface area contributed by atoms with Gasteiger partial charge in [-0.2, -0.15) is 5.26 Å². The largest absolute Gasteiger partial charge is 0.466 e. The zero-order valence-electron chi connectivity index (χ0n) is 18.4. The first-order valence-electron chi connectivity index (χ1n) is 10.4. The zero-order chi connectivity index (χ0) is 24.8. The maximum Gasteiger partial charge on any atom is 0.340 e. The molecule has 0 aliphatic rings. The number of benzene rings is 3. The average molecular weight is 483 g/mol. The van der Waals surface area contributed by atoms with Gasteiger partial charge in [-0.3, -0.25) is 9.59 Å². The fourth-order valence-electron chi connectivity index (χ4n) is 3.53. The van der Waals surface area contributed by atoms with Crippen LogP contribution in [-0.4, -0.2) is 31.1 Å². The Labute approximate surface area is 200 Å². The van der Waals surface area contributed by atoms with Crippen LogP contribution in [0.3, 0.4) is 0 Å². The Morgan fingerprint density at radius 1 is 1.09 bits per heavy atom. The van der Waals surface area contributed by atoms with Crippen LogP contribution in [0.5, 0.6) is 0 Å². The number of carbonyl (C=O) groups excluding carboxylic acids is 3. The van der Waals surface area contributed by atoms with Crippen molar-refractivity contribution in [3.8, 4) is 17.2 Å². The van der Waals surface area contributed by atoms with Crippen molar-refractivity contribution in [2.24, 2.45) is 0 Å². The number of nitrogens with one attached hydrogen (secondary N) is 1. The summed E-state index contributed by atoms with van der Waals surface area (Å²) in [6, 6.07) is 13.4. The number of ether oxygens (including phenoxy) is 2. The van der Waals surface area contributed by atoms with Crippen molar-refractivity contribution < 1.29 is 28.2 Å². The molecular formula is C25H20ClFN2O5. The van der Waals surface area contributed by atoms with Crippen LogP contribution >= 0.6 is 11.6 Å². The molecule has 0 aliphatic heterocycles. The van der Waals surface area contributed by atoms with Gasteiger partial charge in [0.25, 0.3) is 0 Å². The normalized spacial score (nSPS) is 10.4. The van der Waals surface area contributed by atoms with Gasteiger partial charge in [0.1, 0.15) is 6.42 Å². The van der Waals surface area contributed by atoms with E-state index in [0.717, 1.165) is 0 Å². The van der Waals surface area contributed by atoms with E-state index in [2.05, 4.69) is 11.4 Å². The third kappa shape index (κ3) is 5.00. The molecule has 0 saturated carbocycles. The fourth-order valence-corrected chi connectivity index (χ4v) is 3.82. The van der Waals surface area contributed by atoms with Crippen LogP contribution in [0.1, 0.15) is 36.2 Å². The van der Waals surface area contributed by atoms with Crippen molar-refractivity contribution in [3.63, 3.8) is 0 Å². The number of nitrogens with zero attached hydrogens (tertiary/aromatic N) is 1. The molecule has 174 valence electrons. The van der Waals surface area contributed by atoms with E-state index in [1.54, 1.807) is 50.2 Å². The van der Waals surface area contributed by atoms with Gasteiger partial charge in [0.15, 0.2) is 5.82 Å². The molecule has 3 aromatic carbocycles. The molecule has 3 rings (SSSR count). The van der Waals surface area contributed by atoms with Crippen molar-refractivity contribution in [1.29, 1.82) is 5.26 Å². The van der Waals surface area contributed by atoms with Crippen molar-refractivity contribution in [2.45, 2.75) is 20.3 Å². The maximum absolute atomic E-state index is 16.0. The van der Waals surface area contributed by atoms with Crippen LogP contribution in [0.25, 0.3) is 21.9 Å². The van der Waals surface area contributed by atoms with Gasteiger partial charge in [0.2, 0.25) is 5.91 Å². The first-order chi connectivity index (χ1) is 16.3. The van der Waals surface area contributed by atoms with E-state index in [-0.39, 0.29) is 29.4 Å². The van der Waals surface area contributed by atoms with Gasteiger partial charge in [-0.05, 0) is 36.9 Å². The molecule has 7 nitrogen and oxygen atoms in total. The van der Waals surface area contributed by atoms with Gasteiger partial charge >= 0.3 is 11.9 Å². The molecule has 0 aliphatic carbocycles. The standard InChI is InChI=1S/C25H20ClFN2O5/c1-3-33-20(31)12-19(30)29-24-17(25(32)34-4-2)11-18(26)22(23(24)27)16-10-6-8-14-7-5-9-15(13-28)21(14)16/h5-11H,3-4,12H2,1-2H3,(H,29,30). The Balaban J connectivity index is 2.23. The minimum Gasteiger partial charge on any atom is -0.466 e. The molecule has 1 amide bonds. The Morgan fingerprint density at radius 3 is 2.41 bits per heavy atom. The smallest absolute Gasteiger partial charge is 0.340 e. The number of nitriles is 1. The molecule has 0 unspecified atom stereocenters. The summed E-state index contributed by atoms with van der Waals surface area (Å²) in [6.07, 6.45) is -0.680. The monoisotopic (exact) mass is 482 g/mol. The first kappa shape index (κ1) is 24.7. The van der Waals surface area contributed by atoms with Gasteiger partial charge in [-0.25, -0.2) is 9.18 Å². The molecule has 9 heteroatoms. The second-order valence-electron chi connectivity index (χ2n) is 7.04. The SMILES string of the molecule is CCOC(=O)CC(=O)Nc1c(C(=O)OCC)cc(Cl)c(-c2cccc3cccc(C#N)c23)c1F. The summed E-state index contributed by atoms with van der Waals surface area (Å²) in [4.78, 5) is 36.6. The lowest BCUT2D eigenvalue weighted by atomic mass is 9.93. The minimum absolute atomic E-state index is 0.00485. The highest BCUT2D eigenvalue weighted by Gasteiger charge is 2.26. The van der Waals surface area contributed by atoms with Crippen molar-refractivity contribution >= 4 is 45.9 Å². The highest BCUT2D eigenvalue weighted by Crippen LogP contribution is 2.41. The number of esters is 2. The topological polar surface area (TPSA) is 105 Å². The summed E-state index contributed by atoms with van der Waals surface area (Å²) in [5.41, 5.74) is -0.321. The van der Waals surface area contributed by atoms with Crippen molar-refractivity contribution in [3.05, 3.63) is 64.4 Å². The molecule has 0 saturated heterocycles. The second-order valence-corrected chi connectivity index (χ2v) is 7.45. The number of anilines is 1. The molecule has 0 heterocycles. The summed E-state index contributed by atoms with van der Waals surface area (Å²) in [6.45, 7) is 3.23. The fraction of sp³-hybridized carbons (Fsp3) is 0.200. The van der Waals surface area contributed by atoms with Crippen LogP contribution in [-0.2, 0) is 19.1 Å². The molecule has 34 heavy (non-hydrogen) atoms. The summed E-state index contributed by atoms with van der Waals surface area (Å²) < 4.78 is 25.7. The van der Waals surface area contributed by atoms with Gasteiger partial charge in [0, 0.05) is 10.9 Å². The van der Waals surface area contributed by atoms with Gasteiger partial charge in [0.05, 0.1) is 41.1 Å². The molecule has 0 fully saturated rings. The zero-order valence-corrected chi connectivity index (χ0v) is 19.2. The number of hydrogen-bond donors (Lipinski definition) is 1. The van der Waals surface area contributed by atoms with Crippen LogP contribution < -0.4 is 5.32 Å². The van der Waals surface area contributed by atoms with E-state index >= 15 is 4.39 Å². The Hall–Kier alpha value is -3.96. The Kier molecular flexibility index (Phi) is 7.82. The molecular weight excluding hydrogens is 463 g/mol. The predicted molar refractivity (Wildman–Crippen MR) is 125 cm³/mol. The Bertz CT molecular complexity index is 1330. The van der Waals surface area contributed by atoms with Crippen LogP contribution in [0, 0.1) is 17.1 Å². The molecule has 0 atom stereocenters. The predicted octanol–water partition coefficient (Wildman–Crippen LogP) is 5.24. The van der Waals surface area contributed by atoms with E-state index in [0.29, 0.717) is 21.9 Å². The summed E-state index contributed by atoms with van der Waals surface area (Å²) in [7, 11) is 0. The van der Waals surface area contributed by atoms with E-state index < -0.39 is 35.8 Å². The third-order valence-corrected chi connectivity index (χ3v) is 5.18. The minimum atomic E-state index is -1.01. The number of halogens is 2. The van der Waals surface area contributed by atoms with Crippen LogP contribution in [0.4, 0.5) is 10.1 Å². The maximum atomic E-state index is 16.0. The third-order valence-electron chi connectivity index (χ3n) is 4.88. The summed E-state index contributed by atoms with van der Waals surface area (Å²) in [5, 5.41) is 12.9. The van der Waals surface area contributed by atoms with E-state index in [9.17, 15) is 19.6 Å².